The summed E-state index contributed by atoms with van der Waals surface area (Å²) in [6.07, 6.45) is 1.41. The number of furan rings is 1. The summed E-state index contributed by atoms with van der Waals surface area (Å²) in [7, 11) is 0. The fraction of sp³-hybridized carbons (Fsp3) is 0.238. The maximum atomic E-state index is 14.6. The van der Waals surface area contributed by atoms with Crippen molar-refractivity contribution in [3.05, 3.63) is 64.7 Å². The van der Waals surface area contributed by atoms with Crippen molar-refractivity contribution in [2.75, 3.05) is 41.8 Å². The summed E-state index contributed by atoms with van der Waals surface area (Å²) >= 11 is 1.14. The predicted octanol–water partition coefficient (Wildman–Crippen LogP) is 4.13. The molecule has 3 aromatic rings. The van der Waals surface area contributed by atoms with E-state index in [1.165, 1.54) is 12.3 Å². The number of aryl methyl sites for hydroxylation is 1. The van der Waals surface area contributed by atoms with E-state index in [2.05, 4.69) is 10.6 Å². The number of carbonyl (C=O) groups is 2. The molecular formula is C21H20FN3O4S. The highest BCUT2D eigenvalue weighted by molar-refractivity contribution is 7.18. The number of nitrogens with zero attached hydrogens (tertiary/aromatic N) is 1. The minimum atomic E-state index is -0.399. The van der Waals surface area contributed by atoms with Crippen LogP contribution in [0, 0.1) is 12.7 Å². The molecular weight excluding hydrogens is 409 g/mol. The molecule has 156 valence electrons. The molecule has 7 nitrogen and oxygen atoms in total. The number of carbonyl (C=O) groups excluding carboxylic acids is 2. The van der Waals surface area contributed by atoms with Crippen molar-refractivity contribution in [1.82, 2.24) is 0 Å². The van der Waals surface area contributed by atoms with Crippen LogP contribution in [-0.4, -0.2) is 38.1 Å². The first-order valence-electron chi connectivity index (χ1n) is 9.40. The molecule has 0 radical (unpaired) electrons. The van der Waals surface area contributed by atoms with Crippen LogP contribution < -0.4 is 15.5 Å². The molecule has 0 spiro atoms. The first-order chi connectivity index (χ1) is 14.5. The number of ether oxygens (including phenoxy) is 1. The number of rotatable bonds is 5. The number of benzene rings is 1. The monoisotopic (exact) mass is 429 g/mol. The van der Waals surface area contributed by atoms with E-state index in [1.807, 2.05) is 4.90 Å². The van der Waals surface area contributed by atoms with E-state index >= 15 is 0 Å². The van der Waals surface area contributed by atoms with Crippen LogP contribution in [0.2, 0.25) is 0 Å². The van der Waals surface area contributed by atoms with Gasteiger partial charge in [0.15, 0.2) is 5.76 Å². The molecule has 1 aliphatic heterocycles. The van der Waals surface area contributed by atoms with Crippen molar-refractivity contribution < 1.29 is 23.1 Å². The van der Waals surface area contributed by atoms with E-state index < -0.39 is 11.7 Å². The van der Waals surface area contributed by atoms with Gasteiger partial charge in [-0.05, 0) is 48.9 Å². The quantitative estimate of drug-likeness (QED) is 0.637. The Kier molecular flexibility index (Phi) is 5.82. The summed E-state index contributed by atoms with van der Waals surface area (Å²) in [4.78, 5) is 27.1. The van der Waals surface area contributed by atoms with E-state index in [-0.39, 0.29) is 11.7 Å². The van der Waals surface area contributed by atoms with Gasteiger partial charge in [0.25, 0.3) is 11.8 Å². The number of amides is 2. The second-order valence-corrected chi connectivity index (χ2v) is 7.83. The number of hydrogen-bond acceptors (Lipinski definition) is 6. The highest BCUT2D eigenvalue weighted by Crippen LogP contribution is 2.29. The van der Waals surface area contributed by atoms with Crippen LogP contribution in [-0.2, 0) is 4.74 Å². The van der Waals surface area contributed by atoms with E-state index in [0.29, 0.717) is 53.1 Å². The van der Waals surface area contributed by atoms with Gasteiger partial charge in [-0.1, -0.05) is 0 Å². The van der Waals surface area contributed by atoms with Crippen LogP contribution >= 0.6 is 11.3 Å². The van der Waals surface area contributed by atoms with E-state index in [4.69, 9.17) is 9.15 Å². The number of anilines is 3. The van der Waals surface area contributed by atoms with Crippen LogP contribution in [0.5, 0.6) is 0 Å². The van der Waals surface area contributed by atoms with Gasteiger partial charge in [0.05, 0.1) is 35.0 Å². The zero-order chi connectivity index (χ0) is 21.1. The van der Waals surface area contributed by atoms with Gasteiger partial charge < -0.3 is 24.7 Å². The molecule has 0 bridgehead atoms. The van der Waals surface area contributed by atoms with E-state index in [0.717, 1.165) is 11.3 Å². The molecule has 3 heterocycles. The van der Waals surface area contributed by atoms with E-state index in [1.54, 1.807) is 37.3 Å². The first kappa shape index (κ1) is 20.1. The smallest absolute Gasteiger partial charge is 0.291 e. The maximum absolute atomic E-state index is 14.6. The molecule has 9 heteroatoms. The van der Waals surface area contributed by atoms with Gasteiger partial charge in [-0.15, -0.1) is 11.3 Å². The summed E-state index contributed by atoms with van der Waals surface area (Å²) in [6, 6.07) is 9.53. The van der Waals surface area contributed by atoms with E-state index in [9.17, 15) is 14.0 Å². The normalized spacial score (nSPS) is 13.9. The lowest BCUT2D eigenvalue weighted by Crippen LogP contribution is -2.36. The second kappa shape index (κ2) is 8.68. The molecule has 0 aliphatic carbocycles. The summed E-state index contributed by atoms with van der Waals surface area (Å²) in [5.41, 5.74) is 1.56. The Morgan fingerprint density at radius 3 is 2.60 bits per heavy atom. The van der Waals surface area contributed by atoms with Crippen LogP contribution in [0.4, 0.5) is 20.8 Å². The van der Waals surface area contributed by atoms with Crippen molar-refractivity contribution in [2.45, 2.75) is 6.92 Å². The third-order valence-corrected chi connectivity index (χ3v) is 5.81. The second-order valence-electron chi connectivity index (χ2n) is 6.77. The zero-order valence-electron chi connectivity index (χ0n) is 16.2. The Bertz CT molecular complexity index is 1060. The van der Waals surface area contributed by atoms with Gasteiger partial charge in [-0.3, -0.25) is 9.59 Å². The minimum absolute atomic E-state index is 0.183. The Balaban J connectivity index is 1.44. The molecule has 0 saturated carbocycles. The number of morpholine rings is 1. The Morgan fingerprint density at radius 1 is 1.10 bits per heavy atom. The highest BCUT2D eigenvalue weighted by atomic mass is 32.1. The van der Waals surface area contributed by atoms with Gasteiger partial charge in [-0.25, -0.2) is 4.39 Å². The van der Waals surface area contributed by atoms with Crippen LogP contribution in [0.15, 0.2) is 47.1 Å². The number of hydrogen-bond donors (Lipinski definition) is 2. The number of nitrogens with one attached hydrogen (secondary N) is 2. The average molecular weight is 429 g/mol. The lowest BCUT2D eigenvalue weighted by molar-refractivity contribution is 0.0995. The van der Waals surface area contributed by atoms with Gasteiger partial charge in [0.1, 0.15) is 5.82 Å². The summed E-state index contributed by atoms with van der Waals surface area (Å²) < 4.78 is 24.9. The van der Waals surface area contributed by atoms with Crippen LogP contribution in [0.1, 0.15) is 25.8 Å². The van der Waals surface area contributed by atoms with Gasteiger partial charge in [-0.2, -0.15) is 0 Å². The van der Waals surface area contributed by atoms with Crippen molar-refractivity contribution in [1.29, 1.82) is 0 Å². The van der Waals surface area contributed by atoms with Gasteiger partial charge in [0, 0.05) is 18.8 Å². The maximum Gasteiger partial charge on any atom is 0.291 e. The Labute approximate surface area is 176 Å². The number of halogens is 1. The SMILES string of the molecule is Cc1cc(NC(=O)c2ccco2)sc1C(=O)Nc1ccc(N2CCOCC2)c(F)c1. The van der Waals surface area contributed by atoms with Crippen molar-refractivity contribution in [2.24, 2.45) is 0 Å². The fourth-order valence-corrected chi connectivity index (χ4v) is 4.15. The topological polar surface area (TPSA) is 83.8 Å². The Hall–Kier alpha value is -3.17. The predicted molar refractivity (Wildman–Crippen MR) is 113 cm³/mol. The minimum Gasteiger partial charge on any atom is -0.459 e. The third-order valence-electron chi connectivity index (χ3n) is 4.66. The van der Waals surface area contributed by atoms with Crippen LogP contribution in [0.25, 0.3) is 0 Å². The average Bonchev–Trinajstić information content (AvgIpc) is 3.39. The van der Waals surface area contributed by atoms with Gasteiger partial charge in [0.2, 0.25) is 0 Å². The largest absolute Gasteiger partial charge is 0.459 e. The molecule has 4 rings (SSSR count). The van der Waals surface area contributed by atoms with Crippen molar-refractivity contribution in [3.63, 3.8) is 0 Å². The first-order valence-corrected chi connectivity index (χ1v) is 10.2. The molecule has 1 fully saturated rings. The fourth-order valence-electron chi connectivity index (χ4n) is 3.18. The molecule has 2 amide bonds. The standard InChI is InChI=1S/C21H20FN3O4S/c1-13-11-18(24-20(26)17-3-2-8-29-17)30-19(13)21(27)23-14-4-5-16(15(22)12-14)25-6-9-28-10-7-25/h2-5,8,11-12H,6-7,9-10H2,1H3,(H,23,27)(H,24,26). The molecule has 2 aromatic heterocycles. The molecule has 0 atom stereocenters. The summed E-state index contributed by atoms with van der Waals surface area (Å²) in [5, 5.41) is 5.95. The third kappa shape index (κ3) is 4.37. The van der Waals surface area contributed by atoms with Gasteiger partial charge >= 0.3 is 0 Å². The van der Waals surface area contributed by atoms with Crippen molar-refractivity contribution in [3.8, 4) is 0 Å². The highest BCUT2D eigenvalue weighted by Gasteiger charge is 2.19. The molecule has 0 unspecified atom stereocenters. The molecule has 1 saturated heterocycles. The number of thiophene rings is 1. The molecule has 30 heavy (non-hydrogen) atoms. The van der Waals surface area contributed by atoms with Crippen molar-refractivity contribution >= 4 is 39.5 Å². The molecule has 2 N–H and O–H groups in total. The van der Waals surface area contributed by atoms with Crippen LogP contribution in [0.3, 0.4) is 0 Å². The molecule has 1 aromatic carbocycles. The Morgan fingerprint density at radius 2 is 1.90 bits per heavy atom. The lowest BCUT2D eigenvalue weighted by Gasteiger charge is -2.29. The zero-order valence-corrected chi connectivity index (χ0v) is 17.1. The molecule has 1 aliphatic rings. The lowest BCUT2D eigenvalue weighted by atomic mass is 10.2. The summed E-state index contributed by atoms with van der Waals surface area (Å²) in [5.74, 6) is -0.976. The summed E-state index contributed by atoms with van der Waals surface area (Å²) in [6.45, 7) is 4.16.